The lowest BCUT2D eigenvalue weighted by molar-refractivity contribution is 0.242. The van der Waals surface area contributed by atoms with Crippen LogP contribution in [0.15, 0.2) is 58.6 Å². The van der Waals surface area contributed by atoms with E-state index in [9.17, 15) is 8.42 Å². The Bertz CT molecular complexity index is 1150. The van der Waals surface area contributed by atoms with Crippen LogP contribution in [0.25, 0.3) is 0 Å². The normalized spacial score (nSPS) is 11.5. The van der Waals surface area contributed by atoms with Gasteiger partial charge in [-0.15, -0.1) is 0 Å². The molecule has 0 aliphatic heterocycles. The van der Waals surface area contributed by atoms with Crippen molar-refractivity contribution in [2.45, 2.75) is 43.3 Å². The van der Waals surface area contributed by atoms with E-state index in [4.69, 9.17) is 16.3 Å². The highest BCUT2D eigenvalue weighted by molar-refractivity contribution is 7.98. The van der Waals surface area contributed by atoms with E-state index < -0.39 is 10.0 Å². The molecule has 0 aliphatic carbocycles. The number of sulfonamides is 1. The first-order valence-corrected chi connectivity index (χ1v) is 12.7. The van der Waals surface area contributed by atoms with Crippen molar-refractivity contribution in [1.82, 2.24) is 9.97 Å². The molecule has 3 aromatic rings. The smallest absolute Gasteiger partial charge is 0.263 e. The third-order valence-electron chi connectivity index (χ3n) is 4.36. The average molecular weight is 478 g/mol. The number of aryl methyl sites for hydroxylation is 1. The molecule has 31 heavy (non-hydrogen) atoms. The van der Waals surface area contributed by atoms with Crippen molar-refractivity contribution in [2.75, 3.05) is 11.0 Å². The monoisotopic (exact) mass is 477 g/mol. The molecule has 1 N–H and O–H groups in total. The zero-order valence-corrected chi connectivity index (χ0v) is 20.1. The van der Waals surface area contributed by atoms with Gasteiger partial charge in [-0.1, -0.05) is 53.2 Å². The van der Waals surface area contributed by atoms with Crippen molar-refractivity contribution in [1.29, 1.82) is 0 Å². The van der Waals surface area contributed by atoms with Crippen LogP contribution in [0.5, 0.6) is 5.75 Å². The number of nitrogens with zero attached hydrogens (tertiary/aromatic N) is 2. The van der Waals surface area contributed by atoms with Gasteiger partial charge in [-0.3, -0.25) is 4.72 Å². The van der Waals surface area contributed by atoms with E-state index in [0.29, 0.717) is 17.1 Å². The lowest BCUT2D eigenvalue weighted by Gasteiger charge is -2.15. The molecule has 0 aliphatic rings. The first kappa shape index (κ1) is 23.4. The quantitative estimate of drug-likeness (QED) is 0.268. The zero-order chi connectivity index (χ0) is 22.6. The van der Waals surface area contributed by atoms with Gasteiger partial charge in [0.15, 0.2) is 5.16 Å². The Kier molecular flexibility index (Phi) is 7.46. The number of hydrogen-bond acceptors (Lipinski definition) is 6. The first-order chi connectivity index (χ1) is 14.7. The molecular weight excluding hydrogens is 454 g/mol. The van der Waals surface area contributed by atoms with Crippen LogP contribution in [-0.4, -0.2) is 30.7 Å². The third kappa shape index (κ3) is 6.12. The summed E-state index contributed by atoms with van der Waals surface area (Å²) < 4.78 is 34.1. The molecule has 0 saturated carbocycles. The molecule has 6 nitrogen and oxygen atoms in total. The van der Waals surface area contributed by atoms with Crippen LogP contribution in [0.3, 0.4) is 0 Å². The minimum absolute atomic E-state index is 0.0792. The lowest BCUT2D eigenvalue weighted by atomic mass is 10.1. The van der Waals surface area contributed by atoms with Crippen LogP contribution in [0, 0.1) is 6.92 Å². The molecule has 0 atom stereocenters. The van der Waals surface area contributed by atoms with Crippen LogP contribution in [-0.2, 0) is 16.4 Å². The SMILES string of the molecule is CSc1nc(Cl)c(Cc2ccc(OC(C)C)cc2)c(NS(=O)(=O)c2ccc(C)cc2)n1. The highest BCUT2D eigenvalue weighted by Crippen LogP contribution is 2.29. The Morgan fingerprint density at radius 2 is 1.71 bits per heavy atom. The number of thioether (sulfide) groups is 1. The highest BCUT2D eigenvalue weighted by atomic mass is 35.5. The number of nitrogens with one attached hydrogen (secondary N) is 1. The molecule has 0 unspecified atom stereocenters. The van der Waals surface area contributed by atoms with Gasteiger partial charge in [-0.25, -0.2) is 18.4 Å². The number of ether oxygens (including phenoxy) is 1. The molecule has 2 aromatic carbocycles. The molecule has 164 valence electrons. The summed E-state index contributed by atoms with van der Waals surface area (Å²) in [5.41, 5.74) is 2.40. The molecule has 1 heterocycles. The van der Waals surface area contributed by atoms with Gasteiger partial charge < -0.3 is 4.74 Å². The van der Waals surface area contributed by atoms with Gasteiger partial charge in [-0.05, 0) is 56.9 Å². The summed E-state index contributed by atoms with van der Waals surface area (Å²) in [6, 6.07) is 14.2. The largest absolute Gasteiger partial charge is 0.491 e. The van der Waals surface area contributed by atoms with Crippen LogP contribution in [0.2, 0.25) is 5.15 Å². The van der Waals surface area contributed by atoms with Crippen molar-refractivity contribution in [3.63, 3.8) is 0 Å². The summed E-state index contributed by atoms with van der Waals surface area (Å²) in [5.74, 6) is 0.937. The Morgan fingerprint density at radius 3 is 2.29 bits per heavy atom. The van der Waals surface area contributed by atoms with Crippen molar-refractivity contribution < 1.29 is 13.2 Å². The fourth-order valence-electron chi connectivity index (χ4n) is 2.84. The van der Waals surface area contributed by atoms with E-state index in [-0.39, 0.29) is 22.0 Å². The summed E-state index contributed by atoms with van der Waals surface area (Å²) in [5, 5.41) is 0.597. The van der Waals surface area contributed by atoms with Crippen molar-refractivity contribution >= 4 is 39.2 Å². The van der Waals surface area contributed by atoms with Crippen molar-refractivity contribution in [3.05, 3.63) is 70.4 Å². The lowest BCUT2D eigenvalue weighted by Crippen LogP contribution is -2.16. The maximum absolute atomic E-state index is 12.9. The summed E-state index contributed by atoms with van der Waals surface area (Å²) in [6.45, 7) is 5.82. The Morgan fingerprint density at radius 1 is 1.06 bits per heavy atom. The predicted octanol–water partition coefficient (Wildman–Crippen LogP) is 5.34. The summed E-state index contributed by atoms with van der Waals surface area (Å²) in [6.07, 6.45) is 2.24. The zero-order valence-electron chi connectivity index (χ0n) is 17.7. The standard InChI is InChI=1S/C22H24ClN3O3S2/c1-14(2)29-17-9-7-16(8-10-17)13-19-20(23)24-22(30-4)25-21(19)26-31(27,28)18-11-5-15(3)6-12-18/h5-12,14H,13H2,1-4H3,(H,24,25,26). The van der Waals surface area contributed by atoms with E-state index >= 15 is 0 Å². The topological polar surface area (TPSA) is 81.2 Å². The van der Waals surface area contributed by atoms with Crippen LogP contribution < -0.4 is 9.46 Å². The molecule has 0 saturated heterocycles. The second-order valence-corrected chi connectivity index (χ2v) is 10.0. The number of aromatic nitrogens is 2. The van der Waals surface area contributed by atoms with Gasteiger partial charge in [0.25, 0.3) is 10.0 Å². The Balaban J connectivity index is 1.94. The van der Waals surface area contributed by atoms with Gasteiger partial charge in [0.05, 0.1) is 11.0 Å². The predicted molar refractivity (Wildman–Crippen MR) is 126 cm³/mol. The van der Waals surface area contributed by atoms with E-state index in [2.05, 4.69) is 14.7 Å². The second kappa shape index (κ2) is 9.89. The van der Waals surface area contributed by atoms with E-state index in [1.807, 2.05) is 45.0 Å². The first-order valence-electron chi connectivity index (χ1n) is 9.63. The average Bonchev–Trinajstić information content (AvgIpc) is 2.71. The minimum atomic E-state index is -3.83. The molecule has 0 amide bonds. The summed E-state index contributed by atoms with van der Waals surface area (Å²) in [7, 11) is -3.83. The van der Waals surface area contributed by atoms with E-state index in [1.165, 1.54) is 11.8 Å². The van der Waals surface area contributed by atoms with Crippen molar-refractivity contribution in [2.24, 2.45) is 0 Å². The molecule has 0 bridgehead atoms. The van der Waals surface area contributed by atoms with E-state index in [0.717, 1.165) is 16.9 Å². The van der Waals surface area contributed by atoms with Gasteiger partial charge >= 0.3 is 0 Å². The van der Waals surface area contributed by atoms with Crippen LogP contribution >= 0.6 is 23.4 Å². The highest BCUT2D eigenvalue weighted by Gasteiger charge is 2.21. The third-order valence-corrected chi connectivity index (χ3v) is 6.57. The number of halogens is 1. The number of hydrogen-bond donors (Lipinski definition) is 1. The maximum Gasteiger partial charge on any atom is 0.263 e. The van der Waals surface area contributed by atoms with Crippen LogP contribution in [0.4, 0.5) is 5.82 Å². The van der Waals surface area contributed by atoms with Crippen molar-refractivity contribution in [3.8, 4) is 5.75 Å². The minimum Gasteiger partial charge on any atom is -0.491 e. The van der Waals surface area contributed by atoms with Gasteiger partial charge in [0.1, 0.15) is 16.7 Å². The summed E-state index contributed by atoms with van der Waals surface area (Å²) >= 11 is 7.72. The molecular formula is C22H24ClN3O3S2. The summed E-state index contributed by atoms with van der Waals surface area (Å²) in [4.78, 5) is 8.82. The number of benzene rings is 2. The van der Waals surface area contributed by atoms with Crippen LogP contribution in [0.1, 0.15) is 30.5 Å². The molecule has 0 radical (unpaired) electrons. The molecule has 0 fully saturated rings. The Hall–Kier alpha value is -2.29. The fourth-order valence-corrected chi connectivity index (χ4v) is 4.52. The molecule has 1 aromatic heterocycles. The molecule has 3 rings (SSSR count). The Labute approximate surface area is 192 Å². The van der Waals surface area contributed by atoms with Gasteiger partial charge in [0, 0.05) is 12.0 Å². The maximum atomic E-state index is 12.9. The van der Waals surface area contributed by atoms with Gasteiger partial charge in [0.2, 0.25) is 0 Å². The van der Waals surface area contributed by atoms with E-state index in [1.54, 1.807) is 30.5 Å². The second-order valence-electron chi connectivity index (χ2n) is 7.23. The fraction of sp³-hybridized carbons (Fsp3) is 0.273. The van der Waals surface area contributed by atoms with Gasteiger partial charge in [-0.2, -0.15) is 0 Å². The number of anilines is 1. The number of rotatable bonds is 8. The molecule has 9 heteroatoms. The molecule has 0 spiro atoms.